The Hall–Kier alpha value is -3.08. The first kappa shape index (κ1) is 23.6. The van der Waals surface area contributed by atoms with E-state index in [1.807, 2.05) is 0 Å². The van der Waals surface area contributed by atoms with Crippen LogP contribution in [0.3, 0.4) is 0 Å². The summed E-state index contributed by atoms with van der Waals surface area (Å²) in [6, 6.07) is 5.28. The van der Waals surface area contributed by atoms with Gasteiger partial charge in [0.15, 0.2) is 0 Å². The number of nitrogens with two attached hydrogens (primary N) is 1. The molecule has 2 aromatic rings. The first-order valence-electron chi connectivity index (χ1n) is 10.1. The topological polar surface area (TPSA) is 113 Å². The van der Waals surface area contributed by atoms with Crippen molar-refractivity contribution >= 4 is 28.3 Å². The van der Waals surface area contributed by atoms with E-state index in [2.05, 4.69) is 19.7 Å². The molecule has 1 aliphatic heterocycles. The van der Waals surface area contributed by atoms with Crippen LogP contribution in [0.4, 0.5) is 14.5 Å². The van der Waals surface area contributed by atoms with Gasteiger partial charge in [-0.05, 0) is 63.4 Å². The molecule has 8 nitrogen and oxygen atoms in total. The van der Waals surface area contributed by atoms with E-state index in [9.17, 15) is 17.8 Å². The van der Waals surface area contributed by atoms with Gasteiger partial charge in [-0.15, -0.1) is 0 Å². The normalized spacial score (nSPS) is 17.5. The number of hydrogen-bond donors (Lipinski definition) is 3. The zero-order valence-corrected chi connectivity index (χ0v) is 19.0. The minimum absolute atomic E-state index is 0.0155. The smallest absolute Gasteiger partial charge is 0.274 e. The molecule has 1 atom stereocenters. The molecule has 32 heavy (non-hydrogen) atoms. The summed E-state index contributed by atoms with van der Waals surface area (Å²) in [4.78, 5) is 20.8. The Balaban J connectivity index is 1.88. The molecule has 2 heterocycles. The Bertz CT molecular complexity index is 1150. The second kappa shape index (κ2) is 9.60. The second-order valence-electron chi connectivity index (χ2n) is 7.94. The standard InChI is InChI=1S/C21H26F2N6O2S/c1-13-10-14(22)12-25-18(13)19(30)27-15-6-7-17(23)16(11-15)21(2,3)28-20(24)29-9-5-4-8-26-32(29)31/h6-7,10-12,32H,4-5,8-9H2,1-3H3,(H2,24,28)(H,27,30). The molecule has 3 N–H and O–H groups in total. The van der Waals surface area contributed by atoms with E-state index in [-0.39, 0.29) is 17.2 Å². The number of aromatic nitrogens is 1. The van der Waals surface area contributed by atoms with E-state index in [0.717, 1.165) is 19.0 Å². The first-order chi connectivity index (χ1) is 15.1. The van der Waals surface area contributed by atoms with Gasteiger partial charge in [0.25, 0.3) is 5.91 Å². The van der Waals surface area contributed by atoms with Crippen molar-refractivity contribution in [2.24, 2.45) is 15.1 Å². The summed E-state index contributed by atoms with van der Waals surface area (Å²) in [6.45, 7) is 5.85. The third-order valence-corrected chi connectivity index (χ3v) is 6.27. The van der Waals surface area contributed by atoms with Crippen LogP contribution in [0.2, 0.25) is 0 Å². The minimum atomic E-state index is -2.03. The third-order valence-electron chi connectivity index (χ3n) is 5.01. The molecule has 11 heteroatoms. The minimum Gasteiger partial charge on any atom is -0.369 e. The number of aryl methyl sites for hydroxylation is 1. The number of carbonyl (C=O) groups is 1. The Morgan fingerprint density at radius 1 is 1.28 bits per heavy atom. The summed E-state index contributed by atoms with van der Waals surface area (Å²) in [6.07, 6.45) is 2.54. The Morgan fingerprint density at radius 2 is 2.03 bits per heavy atom. The van der Waals surface area contributed by atoms with Gasteiger partial charge in [-0.3, -0.25) is 9.10 Å². The van der Waals surface area contributed by atoms with Gasteiger partial charge in [0, 0.05) is 24.3 Å². The highest BCUT2D eigenvalue weighted by Gasteiger charge is 2.26. The number of carbonyl (C=O) groups excluding carboxylic acids is 1. The third kappa shape index (κ3) is 5.39. The molecule has 3 rings (SSSR count). The molecule has 1 amide bonds. The highest BCUT2D eigenvalue weighted by Crippen LogP contribution is 2.30. The summed E-state index contributed by atoms with van der Waals surface area (Å²) in [5.41, 5.74) is 5.92. The molecule has 1 aromatic heterocycles. The van der Waals surface area contributed by atoms with Gasteiger partial charge in [0.1, 0.15) is 28.1 Å². The predicted octanol–water partition coefficient (Wildman–Crippen LogP) is 3.15. The van der Waals surface area contributed by atoms with E-state index in [4.69, 9.17) is 5.73 Å². The summed E-state index contributed by atoms with van der Waals surface area (Å²) >= 11 is 0. The van der Waals surface area contributed by atoms with Crippen molar-refractivity contribution in [3.8, 4) is 0 Å². The van der Waals surface area contributed by atoms with Crippen molar-refractivity contribution in [2.75, 3.05) is 18.4 Å². The molecule has 1 unspecified atom stereocenters. The average Bonchev–Trinajstić information content (AvgIpc) is 2.93. The van der Waals surface area contributed by atoms with Crippen molar-refractivity contribution in [1.82, 2.24) is 9.29 Å². The Morgan fingerprint density at radius 3 is 2.75 bits per heavy atom. The van der Waals surface area contributed by atoms with Gasteiger partial charge in [-0.25, -0.2) is 27.3 Å². The number of guanidine groups is 1. The second-order valence-corrected chi connectivity index (χ2v) is 9.22. The van der Waals surface area contributed by atoms with Crippen molar-refractivity contribution < 1.29 is 17.8 Å². The number of thiol groups is 1. The molecule has 0 bridgehead atoms. The zero-order chi connectivity index (χ0) is 23.5. The Labute approximate surface area is 187 Å². The van der Waals surface area contributed by atoms with Crippen LogP contribution in [-0.4, -0.2) is 38.5 Å². The molecule has 0 aliphatic carbocycles. The molecule has 0 saturated heterocycles. The van der Waals surface area contributed by atoms with Crippen LogP contribution < -0.4 is 11.1 Å². The summed E-state index contributed by atoms with van der Waals surface area (Å²) in [5.74, 6) is -1.62. The SMILES string of the molecule is Cc1cc(F)cnc1C(=O)Nc1ccc(F)c(C(C)(C)/N=C(/N)N2CCCCN=[SH]2=O)c1. The maximum Gasteiger partial charge on any atom is 0.274 e. The summed E-state index contributed by atoms with van der Waals surface area (Å²) < 4.78 is 45.8. The maximum absolute atomic E-state index is 14.7. The molecule has 1 aromatic carbocycles. The molecule has 1 aliphatic rings. The number of pyridine rings is 1. The van der Waals surface area contributed by atoms with Crippen LogP contribution in [0, 0.1) is 18.6 Å². The number of hydrogen-bond acceptors (Lipinski definition) is 5. The molecular formula is C21H26F2N6O2S. The van der Waals surface area contributed by atoms with Crippen LogP contribution in [-0.2, 0) is 16.3 Å². The van der Waals surface area contributed by atoms with Crippen molar-refractivity contribution in [3.63, 3.8) is 0 Å². The zero-order valence-electron chi connectivity index (χ0n) is 18.1. The molecular weight excluding hydrogens is 438 g/mol. The molecule has 0 saturated carbocycles. The van der Waals surface area contributed by atoms with Crippen LogP contribution in [0.1, 0.15) is 48.3 Å². The van der Waals surface area contributed by atoms with Gasteiger partial charge >= 0.3 is 0 Å². The lowest BCUT2D eigenvalue weighted by atomic mass is 9.94. The van der Waals surface area contributed by atoms with Crippen molar-refractivity contribution in [2.45, 2.75) is 39.2 Å². The lowest BCUT2D eigenvalue weighted by Crippen LogP contribution is -2.38. The van der Waals surface area contributed by atoms with Crippen molar-refractivity contribution in [3.05, 3.63) is 58.9 Å². The lowest BCUT2D eigenvalue weighted by Gasteiger charge is -2.25. The first-order valence-corrected chi connectivity index (χ1v) is 11.3. The fourth-order valence-electron chi connectivity index (χ4n) is 3.34. The van der Waals surface area contributed by atoms with Crippen LogP contribution in [0.25, 0.3) is 0 Å². The van der Waals surface area contributed by atoms with E-state index < -0.39 is 33.9 Å². The van der Waals surface area contributed by atoms with Crippen molar-refractivity contribution in [1.29, 1.82) is 0 Å². The summed E-state index contributed by atoms with van der Waals surface area (Å²) in [5, 5.41) is 2.65. The van der Waals surface area contributed by atoms with Gasteiger partial charge in [-0.1, -0.05) is 0 Å². The van der Waals surface area contributed by atoms with Gasteiger partial charge < -0.3 is 11.1 Å². The number of benzene rings is 1. The quantitative estimate of drug-likeness (QED) is 0.366. The summed E-state index contributed by atoms with van der Waals surface area (Å²) in [7, 11) is -2.03. The van der Waals surface area contributed by atoms with Gasteiger partial charge in [-0.2, -0.15) is 0 Å². The van der Waals surface area contributed by atoms with Crippen LogP contribution in [0.5, 0.6) is 0 Å². The number of amides is 1. The number of nitrogens with zero attached hydrogens (tertiary/aromatic N) is 4. The number of nitrogens with one attached hydrogen (secondary N) is 1. The molecule has 0 fully saturated rings. The van der Waals surface area contributed by atoms with E-state index in [0.29, 0.717) is 24.3 Å². The molecule has 0 radical (unpaired) electrons. The average molecular weight is 465 g/mol. The Kier molecular flexibility index (Phi) is 7.07. The monoisotopic (exact) mass is 464 g/mol. The van der Waals surface area contributed by atoms with Gasteiger partial charge in [0.2, 0.25) is 5.96 Å². The number of anilines is 1. The van der Waals surface area contributed by atoms with E-state index in [1.165, 1.54) is 28.6 Å². The fraction of sp³-hybridized carbons (Fsp3) is 0.381. The number of halogens is 2. The van der Waals surface area contributed by atoms with Crippen LogP contribution >= 0.6 is 0 Å². The highest BCUT2D eigenvalue weighted by atomic mass is 32.2. The van der Waals surface area contributed by atoms with Crippen LogP contribution in [0.15, 0.2) is 39.8 Å². The highest BCUT2D eigenvalue weighted by molar-refractivity contribution is 7.73. The van der Waals surface area contributed by atoms with Gasteiger partial charge in [0.05, 0.1) is 11.7 Å². The largest absolute Gasteiger partial charge is 0.369 e. The lowest BCUT2D eigenvalue weighted by molar-refractivity contribution is 0.102. The number of rotatable bonds is 4. The maximum atomic E-state index is 14.7. The molecule has 172 valence electrons. The predicted molar refractivity (Wildman–Crippen MR) is 121 cm³/mol. The molecule has 0 spiro atoms. The van der Waals surface area contributed by atoms with E-state index in [1.54, 1.807) is 20.8 Å². The fourth-order valence-corrected chi connectivity index (χ4v) is 4.34. The van der Waals surface area contributed by atoms with E-state index >= 15 is 0 Å². The number of aliphatic imine (C=N–C) groups is 1.